The molecule has 2 aliphatic heterocycles. The molecule has 0 unspecified atom stereocenters. The highest BCUT2D eigenvalue weighted by Gasteiger charge is 2.51. The highest BCUT2D eigenvalue weighted by molar-refractivity contribution is 7.91. The van der Waals surface area contributed by atoms with Crippen molar-refractivity contribution >= 4 is 55.0 Å². The lowest BCUT2D eigenvalue weighted by Crippen LogP contribution is -2.64. The van der Waals surface area contributed by atoms with Gasteiger partial charge >= 0.3 is 0 Å². The third-order valence-corrected chi connectivity index (χ3v) is 16.5. The summed E-state index contributed by atoms with van der Waals surface area (Å²) in [5.41, 5.74) is 2.52. The number of carbonyl (C=O) groups excluding carboxylic acids is 5. The molecule has 7 rings (SSSR count). The Labute approximate surface area is 349 Å². The molecule has 0 radical (unpaired) electrons. The lowest BCUT2D eigenvalue weighted by atomic mass is 9.54. The van der Waals surface area contributed by atoms with Gasteiger partial charge in [0.1, 0.15) is 22.9 Å². The van der Waals surface area contributed by atoms with Crippen molar-refractivity contribution in [3.05, 3.63) is 41.7 Å². The van der Waals surface area contributed by atoms with E-state index < -0.39 is 96.8 Å². The van der Waals surface area contributed by atoms with Crippen molar-refractivity contribution < 1.29 is 45.9 Å². The minimum absolute atomic E-state index is 0.00171. The monoisotopic (exact) mass is 870 g/mol. The number of Topliss-reactive ketones (excluding diaryl/α,β-unsaturated/α-hetero) is 1. The molecule has 3 heterocycles. The number of hydrogen-bond acceptors (Lipinski definition) is 12. The van der Waals surface area contributed by atoms with E-state index in [9.17, 15) is 45.9 Å². The molecule has 2 saturated heterocycles. The van der Waals surface area contributed by atoms with Gasteiger partial charge in [0.15, 0.2) is 9.84 Å². The number of nitrogens with one attached hydrogen (secondary N) is 2. The number of nitrogens with two attached hydrogens (primary N) is 1. The summed E-state index contributed by atoms with van der Waals surface area (Å²) in [4.78, 5) is 74.2. The summed E-state index contributed by atoms with van der Waals surface area (Å²) in [6.45, 7) is 2.89. The summed E-state index contributed by atoms with van der Waals surface area (Å²) in [5, 5.41) is 21.7. The van der Waals surface area contributed by atoms with Crippen LogP contribution in [0.5, 0.6) is 0 Å². The summed E-state index contributed by atoms with van der Waals surface area (Å²) in [5.74, 6) is -5.87. The number of benzene rings is 1. The van der Waals surface area contributed by atoms with Crippen LogP contribution >= 0.6 is 0 Å². The van der Waals surface area contributed by atoms with Crippen LogP contribution in [0.25, 0.3) is 0 Å². The second-order valence-electron chi connectivity index (χ2n) is 18.1. The van der Waals surface area contributed by atoms with Crippen molar-refractivity contribution in [2.24, 2.45) is 22.1 Å². The van der Waals surface area contributed by atoms with Crippen molar-refractivity contribution in [3.8, 4) is 0 Å². The SMILES string of the molecule is CC(C)(O)c1cnnn1[C@H]1C[C@@H](C(=O)NC2(C(=O)C(N)=O)CCS(=O)(=O)CC2)N(C(=O)C(CC2CCCCC2)=NC(=O)c2ccc(S(=O)(=O)NC3CC4(CCC4)C3)cc2)C1. The number of aromatic nitrogens is 3. The minimum Gasteiger partial charge on any atom is -0.384 e. The van der Waals surface area contributed by atoms with Crippen molar-refractivity contribution in [2.75, 3.05) is 18.1 Å². The zero-order valence-corrected chi connectivity index (χ0v) is 35.6. The summed E-state index contributed by atoms with van der Waals surface area (Å²) >= 11 is 0. The van der Waals surface area contributed by atoms with Crippen LogP contribution < -0.4 is 15.8 Å². The minimum atomic E-state index is -3.85. The molecule has 1 aromatic carbocycles. The number of sulfone groups is 1. The molecule has 20 heteroatoms. The first kappa shape index (κ1) is 43.7. The lowest BCUT2D eigenvalue weighted by Gasteiger charge is -2.54. The van der Waals surface area contributed by atoms with Gasteiger partial charge in [-0.2, -0.15) is 0 Å². The van der Waals surface area contributed by atoms with E-state index in [1.807, 2.05) is 0 Å². The number of primary amides is 1. The van der Waals surface area contributed by atoms with Gasteiger partial charge in [-0.1, -0.05) is 43.7 Å². The summed E-state index contributed by atoms with van der Waals surface area (Å²) in [7, 11) is -7.41. The summed E-state index contributed by atoms with van der Waals surface area (Å²) in [6.07, 6.45) is 10.0. The first-order valence-corrected chi connectivity index (χ1v) is 24.1. The normalized spacial score (nSPS) is 25.2. The van der Waals surface area contributed by atoms with Crippen LogP contribution in [-0.2, 0) is 44.6 Å². The summed E-state index contributed by atoms with van der Waals surface area (Å²) < 4.78 is 55.3. The highest BCUT2D eigenvalue weighted by atomic mass is 32.2. The molecular formula is C40H54N8O10S2. The first-order valence-electron chi connectivity index (χ1n) is 20.7. The van der Waals surface area contributed by atoms with Crippen LogP contribution in [0, 0.1) is 11.3 Å². The van der Waals surface area contributed by atoms with Crippen molar-refractivity contribution in [3.63, 3.8) is 0 Å². The van der Waals surface area contributed by atoms with E-state index in [0.29, 0.717) is 5.69 Å². The molecule has 1 spiro atoms. The Morgan fingerprint density at radius 1 is 0.983 bits per heavy atom. The fraction of sp³-hybridized carbons (Fsp3) is 0.650. The van der Waals surface area contributed by atoms with Crippen molar-refractivity contribution in [1.29, 1.82) is 0 Å². The Balaban J connectivity index is 1.18. The zero-order valence-electron chi connectivity index (χ0n) is 34.0. The van der Waals surface area contributed by atoms with E-state index in [1.54, 1.807) is 0 Å². The van der Waals surface area contributed by atoms with Gasteiger partial charge in [-0.25, -0.2) is 31.2 Å². The predicted molar refractivity (Wildman–Crippen MR) is 216 cm³/mol. The molecule has 5 N–H and O–H groups in total. The van der Waals surface area contributed by atoms with Gasteiger partial charge in [0.05, 0.1) is 34.3 Å². The maximum Gasteiger partial charge on any atom is 0.287 e. The van der Waals surface area contributed by atoms with Gasteiger partial charge in [0.25, 0.3) is 17.7 Å². The third kappa shape index (κ3) is 9.11. The maximum atomic E-state index is 14.9. The van der Waals surface area contributed by atoms with Crippen molar-refractivity contribution in [2.45, 2.75) is 138 Å². The second kappa shape index (κ2) is 16.5. The molecule has 60 heavy (non-hydrogen) atoms. The van der Waals surface area contributed by atoms with Crippen LogP contribution in [0.1, 0.15) is 126 Å². The van der Waals surface area contributed by atoms with E-state index in [-0.39, 0.29) is 52.9 Å². The fourth-order valence-corrected chi connectivity index (χ4v) is 12.4. The Kier molecular flexibility index (Phi) is 12.0. The third-order valence-electron chi connectivity index (χ3n) is 13.3. The van der Waals surface area contributed by atoms with Crippen LogP contribution in [0.15, 0.2) is 40.4 Å². The smallest absolute Gasteiger partial charge is 0.287 e. The van der Waals surface area contributed by atoms with E-state index >= 15 is 0 Å². The number of amides is 4. The number of likely N-dealkylation sites (tertiary alicyclic amines) is 1. The Morgan fingerprint density at radius 3 is 2.22 bits per heavy atom. The number of ketones is 1. The number of sulfonamides is 1. The van der Waals surface area contributed by atoms with Gasteiger partial charge in [-0.15, -0.1) is 5.10 Å². The Hall–Kier alpha value is -4.40. The molecule has 0 bridgehead atoms. The van der Waals surface area contributed by atoms with E-state index in [4.69, 9.17) is 5.73 Å². The fourth-order valence-electron chi connectivity index (χ4n) is 9.68. The number of carbonyl (C=O) groups is 5. The molecule has 326 valence electrons. The lowest BCUT2D eigenvalue weighted by molar-refractivity contribution is -0.143. The Bertz CT molecular complexity index is 2270. The maximum absolute atomic E-state index is 14.9. The van der Waals surface area contributed by atoms with Gasteiger partial charge in [0.2, 0.25) is 21.7 Å². The number of aliphatic hydroxyl groups is 1. The molecule has 4 amide bonds. The zero-order chi connectivity index (χ0) is 43.3. The number of nitrogens with zero attached hydrogens (tertiary/aromatic N) is 5. The quantitative estimate of drug-likeness (QED) is 0.165. The molecular weight excluding hydrogens is 817 g/mol. The van der Waals surface area contributed by atoms with E-state index in [1.165, 1.54) is 60.3 Å². The molecule has 2 aromatic rings. The average molecular weight is 871 g/mol. The molecule has 3 saturated carbocycles. The first-order chi connectivity index (χ1) is 28.2. The van der Waals surface area contributed by atoms with E-state index in [0.717, 1.165) is 57.8 Å². The summed E-state index contributed by atoms with van der Waals surface area (Å²) in [6, 6.07) is 3.14. The highest BCUT2D eigenvalue weighted by Crippen LogP contribution is 2.56. The molecule has 5 aliphatic rings. The standard InChI is InChI=1S/C40H54N8O10S2/c1-38(2,54)32-23-42-46-48(32)28-20-31(36(52)44-40(33(49)34(41)50)15-17-59(55,56)18-16-40)47(24-28)37(53)30(19-25-7-4-3-5-8-25)43-35(51)26-9-11-29(12-10-26)60(57,58)45-27-21-39(22-27)13-6-14-39/h9-12,23,25,27-28,31,45,54H,3-8,13-22,24H2,1-2H3,(H2,41,50)(H,44,52)/t28-,31-/m0/s1. The Morgan fingerprint density at radius 2 is 1.63 bits per heavy atom. The molecule has 5 fully saturated rings. The molecule has 3 aliphatic carbocycles. The van der Waals surface area contributed by atoms with Gasteiger partial charge in [-0.3, -0.25) is 24.0 Å². The average Bonchev–Trinajstić information content (AvgIpc) is 3.85. The number of aliphatic imine (C=N–C) groups is 1. The second-order valence-corrected chi connectivity index (χ2v) is 22.1. The van der Waals surface area contributed by atoms with Crippen molar-refractivity contribution in [1.82, 2.24) is 29.9 Å². The number of hydrogen-bond donors (Lipinski definition) is 4. The largest absolute Gasteiger partial charge is 0.384 e. The molecule has 2 atom stereocenters. The van der Waals surface area contributed by atoms with Gasteiger partial charge in [0, 0.05) is 24.6 Å². The van der Waals surface area contributed by atoms with Crippen LogP contribution in [-0.4, -0.2) is 113 Å². The van der Waals surface area contributed by atoms with Crippen LogP contribution in [0.3, 0.4) is 0 Å². The number of rotatable bonds is 13. The van der Waals surface area contributed by atoms with Gasteiger partial charge in [-0.05, 0) is 94.4 Å². The van der Waals surface area contributed by atoms with Crippen LogP contribution in [0.4, 0.5) is 0 Å². The molecule has 1 aromatic heterocycles. The van der Waals surface area contributed by atoms with E-state index in [2.05, 4.69) is 25.3 Å². The van der Waals surface area contributed by atoms with Gasteiger partial charge < -0.3 is 21.1 Å². The van der Waals surface area contributed by atoms with Crippen LogP contribution in [0.2, 0.25) is 0 Å². The molecule has 18 nitrogen and oxygen atoms in total. The topological polar surface area (TPSA) is 270 Å². The predicted octanol–water partition coefficient (Wildman–Crippen LogP) is 1.63.